The standard InChI is InChI=1S/C11H14Cl2N4O2/c1-11(2,6-14-19)17-16-10(18)15-9-4-3-7(12)5-8(9)13/h3-6,17,19H,1-2H3,(H2,15,16,18)/b14-6+. The van der Waals surface area contributed by atoms with Crippen LogP contribution in [0.3, 0.4) is 0 Å². The van der Waals surface area contributed by atoms with E-state index in [2.05, 4.69) is 21.3 Å². The molecule has 0 aliphatic carbocycles. The number of urea groups is 1. The van der Waals surface area contributed by atoms with Gasteiger partial charge in [-0.25, -0.2) is 10.2 Å². The molecule has 19 heavy (non-hydrogen) atoms. The van der Waals surface area contributed by atoms with E-state index >= 15 is 0 Å². The third-order valence-electron chi connectivity index (χ3n) is 2.06. The summed E-state index contributed by atoms with van der Waals surface area (Å²) in [5.41, 5.74) is 4.81. The average Bonchev–Trinajstić information content (AvgIpc) is 2.30. The number of rotatable bonds is 4. The van der Waals surface area contributed by atoms with Gasteiger partial charge in [-0.2, -0.15) is 0 Å². The number of amides is 2. The maximum Gasteiger partial charge on any atom is 0.333 e. The van der Waals surface area contributed by atoms with E-state index < -0.39 is 11.6 Å². The zero-order valence-corrected chi connectivity index (χ0v) is 11.9. The van der Waals surface area contributed by atoms with Gasteiger partial charge in [0, 0.05) is 5.02 Å². The Labute approximate surface area is 120 Å². The Hall–Kier alpha value is -1.50. The van der Waals surface area contributed by atoms with E-state index in [0.717, 1.165) is 0 Å². The summed E-state index contributed by atoms with van der Waals surface area (Å²) in [6.07, 6.45) is 1.24. The Morgan fingerprint density at radius 3 is 2.68 bits per heavy atom. The minimum atomic E-state index is -0.699. The maximum atomic E-state index is 11.6. The number of hydrogen-bond donors (Lipinski definition) is 4. The molecule has 8 heteroatoms. The number of carbonyl (C=O) groups is 1. The smallest absolute Gasteiger partial charge is 0.333 e. The molecule has 1 aromatic carbocycles. The molecule has 0 aliphatic heterocycles. The molecule has 0 atom stereocenters. The van der Waals surface area contributed by atoms with Crippen molar-refractivity contribution in [3.05, 3.63) is 28.2 Å². The summed E-state index contributed by atoms with van der Waals surface area (Å²) in [4.78, 5) is 11.6. The number of halogens is 2. The van der Waals surface area contributed by atoms with E-state index in [1.165, 1.54) is 12.3 Å². The van der Waals surface area contributed by atoms with E-state index in [4.69, 9.17) is 28.4 Å². The monoisotopic (exact) mass is 304 g/mol. The summed E-state index contributed by atoms with van der Waals surface area (Å²) >= 11 is 11.7. The normalized spacial score (nSPS) is 11.6. The first-order valence-corrected chi connectivity index (χ1v) is 6.07. The Morgan fingerprint density at radius 2 is 2.11 bits per heavy atom. The van der Waals surface area contributed by atoms with Gasteiger partial charge in [-0.05, 0) is 32.0 Å². The number of carbonyl (C=O) groups excluding carboxylic acids is 1. The summed E-state index contributed by atoms with van der Waals surface area (Å²) in [7, 11) is 0. The minimum absolute atomic E-state index is 0.332. The largest absolute Gasteiger partial charge is 0.411 e. The predicted molar refractivity (Wildman–Crippen MR) is 76.1 cm³/mol. The highest BCUT2D eigenvalue weighted by molar-refractivity contribution is 6.36. The van der Waals surface area contributed by atoms with Crippen LogP contribution in [0, 0.1) is 0 Å². The zero-order chi connectivity index (χ0) is 14.5. The molecule has 0 saturated carbocycles. The molecule has 1 aromatic rings. The molecule has 4 N–H and O–H groups in total. The fourth-order valence-corrected chi connectivity index (χ4v) is 1.59. The molecule has 2 amide bonds. The highest BCUT2D eigenvalue weighted by Gasteiger charge is 2.15. The number of hydrazine groups is 1. The van der Waals surface area contributed by atoms with Crippen LogP contribution < -0.4 is 16.2 Å². The van der Waals surface area contributed by atoms with E-state index in [1.54, 1.807) is 26.0 Å². The van der Waals surface area contributed by atoms with Gasteiger partial charge >= 0.3 is 6.03 Å². The van der Waals surface area contributed by atoms with Gasteiger partial charge in [0.15, 0.2) is 0 Å². The van der Waals surface area contributed by atoms with Crippen molar-refractivity contribution >= 4 is 41.1 Å². The molecule has 0 fully saturated rings. The van der Waals surface area contributed by atoms with Crippen LogP contribution in [-0.2, 0) is 0 Å². The third-order valence-corrected chi connectivity index (χ3v) is 2.61. The van der Waals surface area contributed by atoms with Gasteiger partial charge in [0.1, 0.15) is 0 Å². The van der Waals surface area contributed by atoms with Crippen LogP contribution in [0.15, 0.2) is 23.4 Å². The summed E-state index contributed by atoms with van der Waals surface area (Å²) in [5.74, 6) is 0. The van der Waals surface area contributed by atoms with Crippen molar-refractivity contribution in [3.8, 4) is 0 Å². The zero-order valence-electron chi connectivity index (χ0n) is 10.4. The molecule has 0 spiro atoms. The van der Waals surface area contributed by atoms with Crippen LogP contribution in [0.25, 0.3) is 0 Å². The fourth-order valence-electron chi connectivity index (χ4n) is 1.14. The number of hydrogen-bond acceptors (Lipinski definition) is 4. The van der Waals surface area contributed by atoms with Crippen molar-refractivity contribution < 1.29 is 10.0 Å². The van der Waals surface area contributed by atoms with Crippen molar-refractivity contribution in [2.75, 3.05) is 5.32 Å². The number of nitrogens with zero attached hydrogens (tertiary/aromatic N) is 1. The Balaban J connectivity index is 2.56. The average molecular weight is 305 g/mol. The molecule has 0 radical (unpaired) electrons. The van der Waals surface area contributed by atoms with Crippen molar-refractivity contribution in [3.63, 3.8) is 0 Å². The lowest BCUT2D eigenvalue weighted by atomic mass is 10.1. The molecule has 0 heterocycles. The predicted octanol–water partition coefficient (Wildman–Crippen LogP) is 2.86. The third kappa shape index (κ3) is 5.34. The number of benzene rings is 1. The van der Waals surface area contributed by atoms with Gasteiger partial charge in [0.2, 0.25) is 0 Å². The van der Waals surface area contributed by atoms with Crippen LogP contribution in [0.5, 0.6) is 0 Å². The van der Waals surface area contributed by atoms with E-state index in [0.29, 0.717) is 15.7 Å². The summed E-state index contributed by atoms with van der Waals surface area (Å²) in [6, 6.07) is 4.21. The lowest BCUT2D eigenvalue weighted by Crippen LogP contribution is -2.52. The van der Waals surface area contributed by atoms with E-state index in [9.17, 15) is 4.79 Å². The minimum Gasteiger partial charge on any atom is -0.411 e. The Kier molecular flexibility index (Phi) is 5.41. The number of nitrogens with one attached hydrogen (secondary N) is 3. The first-order valence-electron chi connectivity index (χ1n) is 5.32. The van der Waals surface area contributed by atoms with Crippen molar-refractivity contribution in [2.45, 2.75) is 19.4 Å². The van der Waals surface area contributed by atoms with Gasteiger partial charge in [0.05, 0.1) is 22.5 Å². The lowest BCUT2D eigenvalue weighted by Gasteiger charge is -2.21. The van der Waals surface area contributed by atoms with Crippen molar-refractivity contribution in [1.29, 1.82) is 0 Å². The van der Waals surface area contributed by atoms with E-state index in [-0.39, 0.29) is 0 Å². The first kappa shape index (κ1) is 15.6. The second-order valence-corrected chi connectivity index (χ2v) is 5.14. The van der Waals surface area contributed by atoms with Crippen molar-refractivity contribution in [1.82, 2.24) is 10.9 Å². The first-order chi connectivity index (χ1) is 8.84. The van der Waals surface area contributed by atoms with Crippen LogP contribution in [-0.4, -0.2) is 23.0 Å². The number of anilines is 1. The summed E-state index contributed by atoms with van der Waals surface area (Å²) in [6.45, 7) is 3.42. The van der Waals surface area contributed by atoms with Crippen LogP contribution in [0.1, 0.15) is 13.8 Å². The van der Waals surface area contributed by atoms with Gasteiger partial charge < -0.3 is 10.5 Å². The molecule has 104 valence electrons. The topological polar surface area (TPSA) is 85.8 Å². The molecule has 6 nitrogen and oxygen atoms in total. The Bertz CT molecular complexity index is 492. The quantitative estimate of drug-likeness (QED) is 0.392. The maximum absolute atomic E-state index is 11.6. The summed E-state index contributed by atoms with van der Waals surface area (Å²) in [5, 5.41) is 14.7. The van der Waals surface area contributed by atoms with Gasteiger partial charge in [-0.15, -0.1) is 5.16 Å². The van der Waals surface area contributed by atoms with E-state index in [1.807, 2.05) is 0 Å². The van der Waals surface area contributed by atoms with Gasteiger partial charge in [0.25, 0.3) is 0 Å². The highest BCUT2D eigenvalue weighted by Crippen LogP contribution is 2.25. The van der Waals surface area contributed by atoms with Crippen LogP contribution in [0.2, 0.25) is 10.0 Å². The molecule has 0 unspecified atom stereocenters. The summed E-state index contributed by atoms with van der Waals surface area (Å²) < 4.78 is 0. The molecular formula is C11H14Cl2N4O2. The Morgan fingerprint density at radius 1 is 1.42 bits per heavy atom. The molecule has 0 aromatic heterocycles. The van der Waals surface area contributed by atoms with Gasteiger partial charge in [-0.3, -0.25) is 5.43 Å². The molecule has 1 rings (SSSR count). The molecular weight excluding hydrogens is 291 g/mol. The van der Waals surface area contributed by atoms with Crippen LogP contribution >= 0.6 is 23.2 Å². The van der Waals surface area contributed by atoms with Gasteiger partial charge in [-0.1, -0.05) is 23.2 Å². The molecule has 0 bridgehead atoms. The van der Waals surface area contributed by atoms with Crippen LogP contribution in [0.4, 0.5) is 10.5 Å². The SMILES string of the molecule is CC(C)(/C=N/O)NNC(=O)Nc1ccc(Cl)cc1Cl. The molecule has 0 aliphatic rings. The second kappa shape index (κ2) is 6.60. The molecule has 0 saturated heterocycles. The number of oxime groups is 1. The highest BCUT2D eigenvalue weighted by atomic mass is 35.5. The fraction of sp³-hybridized carbons (Fsp3) is 0.273. The van der Waals surface area contributed by atoms with Crippen molar-refractivity contribution in [2.24, 2.45) is 5.16 Å². The lowest BCUT2D eigenvalue weighted by molar-refractivity contribution is 0.244. The second-order valence-electron chi connectivity index (χ2n) is 4.29.